The molecule has 156 valence electrons. The molecule has 0 unspecified atom stereocenters. The Balaban J connectivity index is 1.91. The van der Waals surface area contributed by atoms with Gasteiger partial charge in [0.05, 0.1) is 12.3 Å². The van der Waals surface area contributed by atoms with Gasteiger partial charge in [-0.2, -0.15) is 0 Å². The molecule has 8 heteroatoms. The second-order valence-corrected chi connectivity index (χ2v) is 7.77. The van der Waals surface area contributed by atoms with E-state index in [0.717, 1.165) is 16.0 Å². The lowest BCUT2D eigenvalue weighted by atomic mass is 10.2. The van der Waals surface area contributed by atoms with Gasteiger partial charge in [0.25, 0.3) is 5.56 Å². The summed E-state index contributed by atoms with van der Waals surface area (Å²) in [6, 6.07) is 17.1. The van der Waals surface area contributed by atoms with Crippen molar-refractivity contribution in [3.8, 4) is 0 Å². The van der Waals surface area contributed by atoms with Crippen LogP contribution < -0.4 is 21.9 Å². The summed E-state index contributed by atoms with van der Waals surface area (Å²) in [5, 5.41) is 0. The molecule has 0 atom stereocenters. The molecule has 0 fully saturated rings. The Morgan fingerprint density at radius 2 is 1.77 bits per heavy atom. The van der Waals surface area contributed by atoms with Gasteiger partial charge >= 0.3 is 5.69 Å². The van der Waals surface area contributed by atoms with Gasteiger partial charge in [0.1, 0.15) is 5.82 Å². The van der Waals surface area contributed by atoms with Crippen molar-refractivity contribution in [2.75, 3.05) is 22.9 Å². The molecule has 1 aromatic heterocycles. The van der Waals surface area contributed by atoms with Crippen molar-refractivity contribution in [3.63, 3.8) is 0 Å². The fourth-order valence-electron chi connectivity index (χ4n) is 3.16. The number of hydrogen-bond acceptors (Lipinski definition) is 5. The average molecular weight is 425 g/mol. The van der Waals surface area contributed by atoms with Crippen LogP contribution in [0.1, 0.15) is 18.1 Å². The van der Waals surface area contributed by atoms with Gasteiger partial charge in [0.2, 0.25) is 5.91 Å². The molecule has 0 saturated carbocycles. The SMILES string of the molecule is CCN(C(=O)CSc1ccccc1C)c1c(N)n(Cc2ccccc2)c(=O)[nH]c1=O. The van der Waals surface area contributed by atoms with Crippen molar-refractivity contribution in [1.82, 2.24) is 9.55 Å². The van der Waals surface area contributed by atoms with Crippen molar-refractivity contribution >= 4 is 29.2 Å². The quantitative estimate of drug-likeness (QED) is 0.568. The molecule has 0 aliphatic rings. The molecule has 0 radical (unpaired) electrons. The molecule has 3 rings (SSSR count). The van der Waals surface area contributed by atoms with E-state index in [1.807, 2.05) is 61.5 Å². The van der Waals surface area contributed by atoms with E-state index in [0.29, 0.717) is 0 Å². The summed E-state index contributed by atoms with van der Waals surface area (Å²) < 4.78 is 1.27. The molecule has 0 saturated heterocycles. The van der Waals surface area contributed by atoms with Gasteiger partial charge in [-0.25, -0.2) is 4.79 Å². The standard InChI is InChI=1S/C22H24N4O3S/c1-3-25(18(27)14-30-17-12-8-7-9-15(17)2)19-20(23)26(22(29)24-21(19)28)13-16-10-5-4-6-11-16/h4-12H,3,13-14,23H2,1-2H3,(H,24,28,29). The van der Waals surface area contributed by atoms with E-state index < -0.39 is 11.2 Å². The third-order valence-electron chi connectivity index (χ3n) is 4.73. The number of benzene rings is 2. The highest BCUT2D eigenvalue weighted by Gasteiger charge is 2.23. The van der Waals surface area contributed by atoms with Crippen molar-refractivity contribution < 1.29 is 4.79 Å². The highest BCUT2D eigenvalue weighted by Crippen LogP contribution is 2.24. The number of carbonyl (C=O) groups excluding carboxylic acids is 1. The number of H-pyrrole nitrogens is 1. The van der Waals surface area contributed by atoms with E-state index in [2.05, 4.69) is 4.98 Å². The molecule has 7 nitrogen and oxygen atoms in total. The summed E-state index contributed by atoms with van der Waals surface area (Å²) in [6.07, 6.45) is 0. The first kappa shape index (κ1) is 21.4. The first-order valence-corrected chi connectivity index (χ1v) is 10.6. The molecule has 2 aromatic carbocycles. The predicted octanol–water partition coefficient (Wildman–Crippen LogP) is 2.62. The third kappa shape index (κ3) is 4.65. The minimum absolute atomic E-state index is 0.00316. The fraction of sp³-hybridized carbons (Fsp3) is 0.227. The summed E-state index contributed by atoms with van der Waals surface area (Å²) in [5.74, 6) is -0.133. The van der Waals surface area contributed by atoms with E-state index in [4.69, 9.17) is 5.73 Å². The van der Waals surface area contributed by atoms with E-state index in [1.165, 1.54) is 21.2 Å². The number of anilines is 2. The first-order valence-electron chi connectivity index (χ1n) is 9.57. The van der Waals surface area contributed by atoms with Gasteiger partial charge in [0.15, 0.2) is 5.69 Å². The van der Waals surface area contributed by atoms with Crippen molar-refractivity contribution in [1.29, 1.82) is 0 Å². The zero-order valence-electron chi connectivity index (χ0n) is 16.9. The van der Waals surface area contributed by atoms with E-state index in [9.17, 15) is 14.4 Å². The summed E-state index contributed by atoms with van der Waals surface area (Å²) >= 11 is 1.40. The molecule has 3 N–H and O–H groups in total. The Labute approximate surface area is 178 Å². The number of carbonyl (C=O) groups is 1. The van der Waals surface area contributed by atoms with Gasteiger partial charge in [-0.15, -0.1) is 11.8 Å². The predicted molar refractivity (Wildman–Crippen MR) is 121 cm³/mol. The van der Waals surface area contributed by atoms with Crippen LogP contribution in [0, 0.1) is 6.92 Å². The fourth-order valence-corrected chi connectivity index (χ4v) is 4.06. The Bertz CT molecular complexity index is 1160. The van der Waals surface area contributed by atoms with Crippen LogP contribution in [-0.4, -0.2) is 27.8 Å². The number of nitrogens with zero attached hydrogens (tertiary/aromatic N) is 2. The maximum absolute atomic E-state index is 12.9. The number of aromatic nitrogens is 2. The van der Waals surface area contributed by atoms with Crippen LogP contribution in [0.5, 0.6) is 0 Å². The molecule has 3 aromatic rings. The smallest absolute Gasteiger partial charge is 0.330 e. The third-order valence-corrected chi connectivity index (χ3v) is 5.89. The summed E-state index contributed by atoms with van der Waals surface area (Å²) in [6.45, 7) is 4.19. The molecule has 0 spiro atoms. The number of aryl methyl sites for hydroxylation is 1. The number of aromatic amines is 1. The Morgan fingerprint density at radius 1 is 1.10 bits per heavy atom. The van der Waals surface area contributed by atoms with Crippen molar-refractivity contribution in [2.24, 2.45) is 0 Å². The van der Waals surface area contributed by atoms with Crippen molar-refractivity contribution in [3.05, 3.63) is 86.6 Å². The summed E-state index contributed by atoms with van der Waals surface area (Å²) in [5.41, 5.74) is 6.88. The number of amides is 1. The van der Waals surface area contributed by atoms with E-state index >= 15 is 0 Å². The maximum Gasteiger partial charge on any atom is 0.330 e. The molecule has 0 aliphatic carbocycles. The average Bonchev–Trinajstić information content (AvgIpc) is 2.74. The zero-order chi connectivity index (χ0) is 21.7. The molecular formula is C22H24N4O3S. The molecule has 1 amide bonds. The molecule has 0 bridgehead atoms. The molecule has 30 heavy (non-hydrogen) atoms. The normalized spacial score (nSPS) is 10.7. The number of nitrogens with two attached hydrogens (primary N) is 1. The lowest BCUT2D eigenvalue weighted by molar-refractivity contribution is -0.116. The highest BCUT2D eigenvalue weighted by molar-refractivity contribution is 8.00. The van der Waals surface area contributed by atoms with E-state index in [1.54, 1.807) is 6.92 Å². The van der Waals surface area contributed by atoms with Crippen LogP contribution in [0.25, 0.3) is 0 Å². The largest absolute Gasteiger partial charge is 0.383 e. The van der Waals surface area contributed by atoms with Crippen LogP contribution in [0.3, 0.4) is 0 Å². The van der Waals surface area contributed by atoms with Crippen LogP contribution in [0.2, 0.25) is 0 Å². The van der Waals surface area contributed by atoms with Gasteiger partial charge in [-0.05, 0) is 31.0 Å². The van der Waals surface area contributed by atoms with Crippen LogP contribution in [-0.2, 0) is 11.3 Å². The molecule has 1 heterocycles. The Morgan fingerprint density at radius 3 is 2.43 bits per heavy atom. The number of rotatable bonds is 7. The number of hydrogen-bond donors (Lipinski definition) is 2. The van der Waals surface area contributed by atoms with Gasteiger partial charge in [0, 0.05) is 11.4 Å². The Kier molecular flexibility index (Phi) is 6.79. The second-order valence-electron chi connectivity index (χ2n) is 6.76. The first-order chi connectivity index (χ1) is 14.4. The van der Waals surface area contributed by atoms with Crippen LogP contribution in [0.4, 0.5) is 11.5 Å². The number of nitrogens with one attached hydrogen (secondary N) is 1. The topological polar surface area (TPSA) is 101 Å². The summed E-state index contributed by atoms with van der Waals surface area (Å²) in [7, 11) is 0. The molecular weight excluding hydrogens is 400 g/mol. The lowest BCUT2D eigenvalue weighted by Crippen LogP contribution is -2.41. The number of nitrogen functional groups attached to an aromatic ring is 1. The van der Waals surface area contributed by atoms with Crippen LogP contribution >= 0.6 is 11.8 Å². The zero-order valence-corrected chi connectivity index (χ0v) is 17.7. The van der Waals surface area contributed by atoms with E-state index in [-0.39, 0.29) is 36.3 Å². The monoisotopic (exact) mass is 424 g/mol. The van der Waals surface area contributed by atoms with Gasteiger partial charge in [-0.1, -0.05) is 48.5 Å². The minimum Gasteiger partial charge on any atom is -0.383 e. The molecule has 0 aliphatic heterocycles. The lowest BCUT2D eigenvalue weighted by Gasteiger charge is -2.23. The maximum atomic E-state index is 12.9. The highest BCUT2D eigenvalue weighted by atomic mass is 32.2. The second kappa shape index (κ2) is 9.49. The number of thioether (sulfide) groups is 1. The van der Waals surface area contributed by atoms with Crippen molar-refractivity contribution in [2.45, 2.75) is 25.3 Å². The minimum atomic E-state index is -0.669. The van der Waals surface area contributed by atoms with Gasteiger partial charge < -0.3 is 10.6 Å². The van der Waals surface area contributed by atoms with Gasteiger partial charge in [-0.3, -0.25) is 19.1 Å². The van der Waals surface area contributed by atoms with Crippen LogP contribution in [0.15, 0.2) is 69.1 Å². The Hall–Kier alpha value is -3.26. The summed E-state index contributed by atoms with van der Waals surface area (Å²) in [4.78, 5) is 42.5.